The average Bonchev–Trinajstić information content (AvgIpc) is 2.71. The lowest BCUT2D eigenvalue weighted by Gasteiger charge is -2.29. The highest BCUT2D eigenvalue weighted by atomic mass is 19.2. The quantitative estimate of drug-likeness (QED) is 0.593. The van der Waals surface area contributed by atoms with E-state index in [9.17, 15) is 13.2 Å². The Kier molecular flexibility index (Phi) is 6.97. The molecule has 2 aromatic carbocycles. The standard InChI is InChI=1S/C22H25F3O3/c1-3-11-27-15-6-10-19(28-13-15)17-8-7-16(21(24)22(17)25)14-5-9-20(26-4-2)18(23)12-14/h5,7-9,12,15,19H,3-4,6,10-11,13H2,1-2H3. The van der Waals surface area contributed by atoms with E-state index in [1.165, 1.54) is 24.3 Å². The van der Waals surface area contributed by atoms with Crippen LogP contribution in [0, 0.1) is 17.5 Å². The van der Waals surface area contributed by atoms with Crippen molar-refractivity contribution < 1.29 is 27.4 Å². The van der Waals surface area contributed by atoms with Gasteiger partial charge < -0.3 is 14.2 Å². The molecule has 1 aliphatic heterocycles. The van der Waals surface area contributed by atoms with Gasteiger partial charge in [0.2, 0.25) is 0 Å². The minimum atomic E-state index is -1.01. The SMILES string of the molecule is CCCOC1CCC(c2ccc(-c3ccc(OCC)c(F)c3)c(F)c2F)OC1. The van der Waals surface area contributed by atoms with Crippen molar-refractivity contribution in [3.05, 3.63) is 53.3 Å². The second kappa shape index (κ2) is 9.43. The van der Waals surface area contributed by atoms with Gasteiger partial charge in [-0.1, -0.05) is 25.1 Å². The van der Waals surface area contributed by atoms with Gasteiger partial charge >= 0.3 is 0 Å². The monoisotopic (exact) mass is 394 g/mol. The highest BCUT2D eigenvalue weighted by molar-refractivity contribution is 5.66. The average molecular weight is 394 g/mol. The van der Waals surface area contributed by atoms with Crippen molar-refractivity contribution >= 4 is 0 Å². The van der Waals surface area contributed by atoms with Crippen LogP contribution in [-0.2, 0) is 9.47 Å². The van der Waals surface area contributed by atoms with Gasteiger partial charge in [-0.3, -0.25) is 0 Å². The lowest BCUT2D eigenvalue weighted by molar-refractivity contribution is -0.0875. The smallest absolute Gasteiger partial charge is 0.167 e. The summed E-state index contributed by atoms with van der Waals surface area (Å²) in [6.45, 7) is 5.11. The molecule has 0 bridgehead atoms. The van der Waals surface area contributed by atoms with Gasteiger partial charge in [-0.05, 0) is 43.9 Å². The molecule has 0 aromatic heterocycles. The fraction of sp³-hybridized carbons (Fsp3) is 0.455. The Balaban J connectivity index is 1.78. The van der Waals surface area contributed by atoms with Crippen LogP contribution < -0.4 is 4.74 Å². The molecule has 1 heterocycles. The summed E-state index contributed by atoms with van der Waals surface area (Å²) in [5.74, 6) is -2.49. The van der Waals surface area contributed by atoms with E-state index in [0.717, 1.165) is 18.9 Å². The normalized spacial score (nSPS) is 19.6. The van der Waals surface area contributed by atoms with Crippen molar-refractivity contribution in [3.8, 4) is 16.9 Å². The van der Waals surface area contributed by atoms with Crippen molar-refractivity contribution in [1.82, 2.24) is 0 Å². The van der Waals surface area contributed by atoms with Gasteiger partial charge in [0.15, 0.2) is 23.2 Å². The summed E-state index contributed by atoms with van der Waals surface area (Å²) in [7, 11) is 0. The van der Waals surface area contributed by atoms with Crippen molar-refractivity contribution in [2.75, 3.05) is 19.8 Å². The number of hydrogen-bond acceptors (Lipinski definition) is 3. The molecule has 6 heteroatoms. The van der Waals surface area contributed by atoms with E-state index in [1.54, 1.807) is 6.92 Å². The molecule has 0 saturated carbocycles. The van der Waals surface area contributed by atoms with Crippen LogP contribution in [0.4, 0.5) is 13.2 Å². The molecule has 3 nitrogen and oxygen atoms in total. The molecule has 2 atom stereocenters. The van der Waals surface area contributed by atoms with Gasteiger partial charge in [0.1, 0.15) is 0 Å². The third-order valence-corrected chi connectivity index (χ3v) is 4.79. The topological polar surface area (TPSA) is 27.7 Å². The Morgan fingerprint density at radius 1 is 1.04 bits per heavy atom. The minimum Gasteiger partial charge on any atom is -0.491 e. The second-order valence-electron chi connectivity index (χ2n) is 6.80. The number of hydrogen-bond donors (Lipinski definition) is 0. The zero-order valence-corrected chi connectivity index (χ0v) is 16.1. The van der Waals surface area contributed by atoms with Gasteiger partial charge in [0, 0.05) is 17.7 Å². The zero-order chi connectivity index (χ0) is 20.1. The van der Waals surface area contributed by atoms with Crippen LogP contribution in [0.1, 0.15) is 44.8 Å². The van der Waals surface area contributed by atoms with Gasteiger partial charge in [-0.15, -0.1) is 0 Å². The summed E-state index contributed by atoms with van der Waals surface area (Å²) in [5.41, 5.74) is 0.436. The maximum atomic E-state index is 14.7. The van der Waals surface area contributed by atoms with E-state index in [1.807, 2.05) is 6.92 Å². The Hall–Kier alpha value is -2.05. The molecular weight excluding hydrogens is 369 g/mol. The number of halogens is 3. The van der Waals surface area contributed by atoms with Crippen LogP contribution >= 0.6 is 0 Å². The molecule has 1 saturated heterocycles. The Morgan fingerprint density at radius 2 is 1.86 bits per heavy atom. The van der Waals surface area contributed by atoms with E-state index >= 15 is 0 Å². The van der Waals surface area contributed by atoms with Crippen molar-refractivity contribution in [2.45, 2.75) is 45.3 Å². The summed E-state index contributed by atoms with van der Waals surface area (Å²) < 4.78 is 60.0. The first kappa shape index (κ1) is 20.7. The summed E-state index contributed by atoms with van der Waals surface area (Å²) in [5, 5.41) is 0. The molecule has 0 aliphatic carbocycles. The molecule has 152 valence electrons. The van der Waals surface area contributed by atoms with E-state index in [0.29, 0.717) is 26.2 Å². The summed E-state index contributed by atoms with van der Waals surface area (Å²) in [4.78, 5) is 0. The third-order valence-electron chi connectivity index (χ3n) is 4.79. The molecule has 28 heavy (non-hydrogen) atoms. The lowest BCUT2D eigenvalue weighted by atomic mass is 9.96. The Bertz CT molecular complexity index is 802. The van der Waals surface area contributed by atoms with Crippen molar-refractivity contribution in [2.24, 2.45) is 0 Å². The fourth-order valence-corrected chi connectivity index (χ4v) is 3.37. The molecule has 1 aliphatic rings. The predicted octanol–water partition coefficient (Wildman–Crippen LogP) is 5.82. The minimum absolute atomic E-state index is 0.00293. The molecular formula is C22H25F3O3. The third kappa shape index (κ3) is 4.50. The van der Waals surface area contributed by atoms with Crippen molar-refractivity contribution in [1.29, 1.82) is 0 Å². The number of rotatable bonds is 7. The highest BCUT2D eigenvalue weighted by Gasteiger charge is 2.27. The Morgan fingerprint density at radius 3 is 2.50 bits per heavy atom. The van der Waals surface area contributed by atoms with Gasteiger partial charge in [0.05, 0.1) is 25.4 Å². The van der Waals surface area contributed by atoms with E-state index in [2.05, 4.69) is 0 Å². The molecule has 3 rings (SSSR count). The van der Waals surface area contributed by atoms with E-state index in [4.69, 9.17) is 14.2 Å². The van der Waals surface area contributed by atoms with Crippen LogP contribution in [0.25, 0.3) is 11.1 Å². The van der Waals surface area contributed by atoms with Gasteiger partial charge in [0.25, 0.3) is 0 Å². The van der Waals surface area contributed by atoms with E-state index < -0.39 is 23.6 Å². The first-order chi connectivity index (χ1) is 13.5. The second-order valence-corrected chi connectivity index (χ2v) is 6.80. The molecule has 2 aromatic rings. The maximum Gasteiger partial charge on any atom is 0.167 e. The van der Waals surface area contributed by atoms with Crippen LogP contribution in [0.5, 0.6) is 5.75 Å². The first-order valence-electron chi connectivity index (χ1n) is 9.68. The van der Waals surface area contributed by atoms with Crippen molar-refractivity contribution in [3.63, 3.8) is 0 Å². The molecule has 0 N–H and O–H groups in total. The van der Waals surface area contributed by atoms with Crippen LogP contribution in [0.2, 0.25) is 0 Å². The summed E-state index contributed by atoms with van der Waals surface area (Å²) in [6, 6.07) is 7.06. The summed E-state index contributed by atoms with van der Waals surface area (Å²) in [6.07, 6.45) is 1.70. The van der Waals surface area contributed by atoms with Crippen LogP contribution in [0.3, 0.4) is 0 Å². The van der Waals surface area contributed by atoms with Gasteiger partial charge in [-0.25, -0.2) is 13.2 Å². The summed E-state index contributed by atoms with van der Waals surface area (Å²) >= 11 is 0. The molecule has 0 spiro atoms. The largest absolute Gasteiger partial charge is 0.491 e. The molecule has 0 radical (unpaired) electrons. The zero-order valence-electron chi connectivity index (χ0n) is 16.1. The van der Waals surface area contributed by atoms with Crippen LogP contribution in [-0.4, -0.2) is 25.9 Å². The van der Waals surface area contributed by atoms with Gasteiger partial charge in [-0.2, -0.15) is 0 Å². The number of benzene rings is 2. The highest BCUT2D eigenvalue weighted by Crippen LogP contribution is 2.35. The molecule has 2 unspecified atom stereocenters. The van der Waals surface area contributed by atoms with Crippen LogP contribution in [0.15, 0.2) is 30.3 Å². The molecule has 0 amide bonds. The maximum absolute atomic E-state index is 14.7. The lowest BCUT2D eigenvalue weighted by Crippen LogP contribution is -2.28. The fourth-order valence-electron chi connectivity index (χ4n) is 3.37. The first-order valence-corrected chi connectivity index (χ1v) is 9.68. The molecule has 1 fully saturated rings. The van der Waals surface area contributed by atoms with E-state index in [-0.39, 0.29) is 28.5 Å². The Labute approximate surface area is 163 Å². The predicted molar refractivity (Wildman–Crippen MR) is 101 cm³/mol. The number of ether oxygens (including phenoxy) is 3.